The number of carbonyl (C=O) groups excluding carboxylic acids is 1. The van der Waals surface area contributed by atoms with Gasteiger partial charge in [-0.3, -0.25) is 9.78 Å². The van der Waals surface area contributed by atoms with Crippen molar-refractivity contribution in [2.24, 2.45) is 0 Å². The number of nitrogens with one attached hydrogen (secondary N) is 1. The van der Waals surface area contributed by atoms with E-state index in [1.165, 1.54) is 0 Å². The number of aromatic carboxylic acids is 1. The molecule has 0 bridgehead atoms. The van der Waals surface area contributed by atoms with Gasteiger partial charge in [0.15, 0.2) is 5.82 Å². The molecule has 0 aromatic carbocycles. The highest BCUT2D eigenvalue weighted by atomic mass is 19.1. The third kappa shape index (κ3) is 1.26. The topological polar surface area (TPSA) is 93.2 Å². The molecule has 0 atom stereocenters. The molecule has 64 valence electrons. The molecule has 0 fully saturated rings. The summed E-state index contributed by atoms with van der Waals surface area (Å²) in [5.74, 6) is -3.96. The Hall–Kier alpha value is -1.85. The van der Waals surface area contributed by atoms with Crippen molar-refractivity contribution in [3.8, 4) is 5.88 Å². The monoisotopic (exact) mass is 172 g/mol. The maximum atomic E-state index is 12.4. The summed E-state index contributed by atoms with van der Waals surface area (Å²) in [6, 6.07) is 0.392. The first-order valence-electron chi connectivity index (χ1n) is 2.85. The molecule has 12 heavy (non-hydrogen) atoms. The number of hydrogen-bond donors (Lipinski definition) is 2. The van der Waals surface area contributed by atoms with Crippen LogP contribution in [0.2, 0.25) is 0 Å². The average molecular weight is 172 g/mol. The van der Waals surface area contributed by atoms with E-state index in [0.717, 1.165) is 0 Å². The van der Waals surface area contributed by atoms with E-state index in [4.69, 9.17) is 5.11 Å². The number of carboxylic acid groups (broad SMARTS) is 1. The van der Waals surface area contributed by atoms with Crippen molar-refractivity contribution in [1.29, 1.82) is 0 Å². The van der Waals surface area contributed by atoms with Crippen molar-refractivity contribution in [3.05, 3.63) is 27.8 Å². The first-order valence-corrected chi connectivity index (χ1v) is 2.85. The molecule has 2 N–H and O–H groups in total. The highest BCUT2D eigenvalue weighted by Crippen LogP contribution is 2.09. The van der Waals surface area contributed by atoms with Crippen LogP contribution >= 0.6 is 0 Å². The van der Waals surface area contributed by atoms with Crippen molar-refractivity contribution in [3.63, 3.8) is 0 Å². The number of H-pyrrole nitrogens is 1. The molecule has 0 spiro atoms. The molecule has 0 aliphatic heterocycles. The summed E-state index contributed by atoms with van der Waals surface area (Å²) >= 11 is 0. The molecule has 0 radical (unpaired) electrons. The van der Waals surface area contributed by atoms with E-state index < -0.39 is 28.8 Å². The lowest BCUT2D eigenvalue weighted by Gasteiger charge is -2.03. The van der Waals surface area contributed by atoms with Crippen molar-refractivity contribution in [2.75, 3.05) is 0 Å². The van der Waals surface area contributed by atoms with E-state index in [-0.39, 0.29) is 0 Å². The van der Waals surface area contributed by atoms with E-state index in [9.17, 15) is 19.1 Å². The fourth-order valence-corrected chi connectivity index (χ4v) is 0.651. The van der Waals surface area contributed by atoms with Crippen LogP contribution in [0.4, 0.5) is 4.39 Å². The van der Waals surface area contributed by atoms with Crippen LogP contribution in [0, 0.1) is 5.82 Å². The quantitative estimate of drug-likeness (QED) is 0.543. The maximum absolute atomic E-state index is 12.4. The average Bonchev–Trinajstić information content (AvgIpc) is 1.96. The predicted molar refractivity (Wildman–Crippen MR) is 33.0 cm³/mol. The summed E-state index contributed by atoms with van der Waals surface area (Å²) < 4.78 is 12.4. The summed E-state index contributed by atoms with van der Waals surface area (Å²) in [4.78, 5) is 22.1. The molecule has 0 saturated carbocycles. The smallest absolute Gasteiger partial charge is 0.286 e. The Labute approximate surface area is 65.1 Å². The zero-order valence-corrected chi connectivity index (χ0v) is 5.63. The van der Waals surface area contributed by atoms with E-state index in [2.05, 4.69) is 0 Å². The normalized spacial score (nSPS) is 9.75. The van der Waals surface area contributed by atoms with E-state index in [1.54, 1.807) is 4.98 Å². The van der Waals surface area contributed by atoms with Gasteiger partial charge in [-0.25, -0.2) is 4.39 Å². The largest absolute Gasteiger partial charge is 0.545 e. The lowest BCUT2D eigenvalue weighted by molar-refractivity contribution is -0.255. The van der Waals surface area contributed by atoms with E-state index in [1.807, 2.05) is 0 Å². The summed E-state index contributed by atoms with van der Waals surface area (Å²) in [5.41, 5.74) is -1.97. The standard InChI is InChI=1S/C6H4FNO4/c7-3-1-2(6(11)12)4(9)8-5(3)10/h1H,(H,11,12)(H2,8,9,10)/p-1. The van der Waals surface area contributed by atoms with Gasteiger partial charge in [0.1, 0.15) is 0 Å². The summed E-state index contributed by atoms with van der Waals surface area (Å²) in [6.45, 7) is 0. The van der Waals surface area contributed by atoms with Gasteiger partial charge in [0.05, 0.1) is 11.5 Å². The van der Waals surface area contributed by atoms with Crippen molar-refractivity contribution >= 4 is 5.97 Å². The second-order valence-corrected chi connectivity index (χ2v) is 2.00. The van der Waals surface area contributed by atoms with Gasteiger partial charge in [-0.1, -0.05) is 0 Å². The molecule has 0 aliphatic carbocycles. The van der Waals surface area contributed by atoms with E-state index in [0.29, 0.717) is 6.07 Å². The number of rotatable bonds is 1. The van der Waals surface area contributed by atoms with Gasteiger partial charge in [0, 0.05) is 0 Å². The SMILES string of the molecule is O=C([O-])c1cc(F)c(=O)[nH]c1O. The van der Waals surface area contributed by atoms with Crippen LogP contribution in [0.5, 0.6) is 5.88 Å². The molecule has 0 unspecified atom stereocenters. The molecule has 0 aliphatic rings. The first-order chi connectivity index (χ1) is 5.52. The number of pyridine rings is 1. The second-order valence-electron chi connectivity index (χ2n) is 2.00. The summed E-state index contributed by atoms with van der Waals surface area (Å²) in [7, 11) is 0. The Morgan fingerprint density at radius 3 is 2.75 bits per heavy atom. The highest BCUT2D eigenvalue weighted by molar-refractivity contribution is 5.88. The lowest BCUT2D eigenvalue weighted by Crippen LogP contribution is -2.24. The zero-order valence-electron chi connectivity index (χ0n) is 5.63. The Morgan fingerprint density at radius 1 is 1.67 bits per heavy atom. The number of aromatic nitrogens is 1. The molecular formula is C6H3FNO4-. The number of aromatic hydroxyl groups is 1. The number of aromatic amines is 1. The zero-order chi connectivity index (χ0) is 9.30. The van der Waals surface area contributed by atoms with Crippen LogP contribution in [0.3, 0.4) is 0 Å². The van der Waals surface area contributed by atoms with Crippen LogP contribution in [0.25, 0.3) is 0 Å². The fraction of sp³-hybridized carbons (Fsp3) is 0. The molecule has 1 aromatic rings. The Balaban J connectivity index is 3.43. The molecule has 0 amide bonds. The Morgan fingerprint density at radius 2 is 2.25 bits per heavy atom. The third-order valence-electron chi connectivity index (χ3n) is 1.19. The van der Waals surface area contributed by atoms with Gasteiger partial charge < -0.3 is 15.0 Å². The molecule has 6 heteroatoms. The van der Waals surface area contributed by atoms with Gasteiger partial charge in [0.2, 0.25) is 5.88 Å². The first kappa shape index (κ1) is 8.25. The molecular weight excluding hydrogens is 169 g/mol. The predicted octanol–water partition coefficient (Wildman–Crippen LogP) is -1.42. The maximum Gasteiger partial charge on any atom is 0.286 e. The van der Waals surface area contributed by atoms with Gasteiger partial charge in [-0.15, -0.1) is 0 Å². The molecule has 0 saturated heterocycles. The van der Waals surface area contributed by atoms with Gasteiger partial charge in [-0.2, -0.15) is 0 Å². The van der Waals surface area contributed by atoms with Gasteiger partial charge in [0.25, 0.3) is 5.56 Å². The van der Waals surface area contributed by atoms with Crippen LogP contribution in [0.15, 0.2) is 10.9 Å². The lowest BCUT2D eigenvalue weighted by atomic mass is 10.3. The number of halogens is 1. The van der Waals surface area contributed by atoms with Crippen LogP contribution < -0.4 is 10.7 Å². The van der Waals surface area contributed by atoms with Gasteiger partial charge >= 0.3 is 0 Å². The fourth-order valence-electron chi connectivity index (χ4n) is 0.651. The molecule has 5 nitrogen and oxygen atoms in total. The van der Waals surface area contributed by atoms with Crippen molar-refractivity contribution in [1.82, 2.24) is 4.98 Å². The minimum absolute atomic E-state index is 0.392. The number of carbonyl (C=O) groups is 1. The van der Waals surface area contributed by atoms with Crippen LogP contribution in [-0.2, 0) is 0 Å². The van der Waals surface area contributed by atoms with Crippen molar-refractivity contribution in [2.45, 2.75) is 0 Å². The number of carboxylic acids is 1. The molecule has 1 rings (SSSR count). The second kappa shape index (κ2) is 2.65. The Bertz CT molecular complexity index is 384. The third-order valence-corrected chi connectivity index (χ3v) is 1.19. The van der Waals surface area contributed by atoms with E-state index >= 15 is 0 Å². The Kier molecular flexibility index (Phi) is 1.82. The minimum atomic E-state index is -1.76. The number of hydrogen-bond acceptors (Lipinski definition) is 4. The molecule has 1 aromatic heterocycles. The summed E-state index contributed by atoms with van der Waals surface area (Å²) in [5, 5.41) is 18.9. The van der Waals surface area contributed by atoms with Gasteiger partial charge in [-0.05, 0) is 6.07 Å². The van der Waals surface area contributed by atoms with Crippen molar-refractivity contribution < 1.29 is 19.4 Å². The summed E-state index contributed by atoms with van der Waals surface area (Å²) in [6.07, 6.45) is 0. The highest BCUT2D eigenvalue weighted by Gasteiger charge is 2.07. The van der Waals surface area contributed by atoms with Crippen LogP contribution in [0.1, 0.15) is 10.4 Å². The van der Waals surface area contributed by atoms with Crippen LogP contribution in [-0.4, -0.2) is 16.1 Å². The minimum Gasteiger partial charge on any atom is -0.545 e. The molecule has 1 heterocycles.